The zero-order valence-corrected chi connectivity index (χ0v) is 12.1. The zero-order valence-electron chi connectivity index (χ0n) is 11.3. The molecule has 0 aliphatic heterocycles. The normalized spacial score (nSPS) is 12.7. The molecule has 0 heterocycles. The Morgan fingerprint density at radius 3 is 2.67 bits per heavy atom. The van der Waals surface area contributed by atoms with Crippen molar-refractivity contribution in [3.8, 4) is 0 Å². The second-order valence-electron chi connectivity index (χ2n) is 4.76. The van der Waals surface area contributed by atoms with Crippen molar-refractivity contribution in [2.24, 2.45) is 5.92 Å². The smallest absolute Gasteiger partial charge is 0.127 e. The fourth-order valence-corrected chi connectivity index (χ4v) is 2.42. The fourth-order valence-electron chi connectivity index (χ4n) is 2.18. The summed E-state index contributed by atoms with van der Waals surface area (Å²) in [6.45, 7) is 6.27. The lowest BCUT2D eigenvalue weighted by molar-refractivity contribution is 0.431. The second kappa shape index (κ2) is 8.49. The number of halogens is 2. The van der Waals surface area contributed by atoms with Gasteiger partial charge in [-0.25, -0.2) is 4.39 Å². The topological polar surface area (TPSA) is 12.0 Å². The molecule has 1 atom stereocenters. The Morgan fingerprint density at radius 1 is 1.28 bits per heavy atom. The van der Waals surface area contributed by atoms with E-state index in [-0.39, 0.29) is 5.82 Å². The van der Waals surface area contributed by atoms with Crippen molar-refractivity contribution < 1.29 is 4.39 Å². The highest BCUT2D eigenvalue weighted by Crippen LogP contribution is 2.23. The van der Waals surface area contributed by atoms with Crippen LogP contribution in [0, 0.1) is 11.7 Å². The lowest BCUT2D eigenvalue weighted by atomic mass is 9.94. The molecule has 0 spiro atoms. The van der Waals surface area contributed by atoms with Crippen molar-refractivity contribution >= 4 is 11.6 Å². The minimum Gasteiger partial charge on any atom is -0.316 e. The van der Waals surface area contributed by atoms with Gasteiger partial charge in [-0.1, -0.05) is 37.9 Å². The Kier molecular flexibility index (Phi) is 7.29. The molecule has 0 amide bonds. The molecule has 0 aliphatic carbocycles. The third kappa shape index (κ3) is 4.95. The van der Waals surface area contributed by atoms with Crippen molar-refractivity contribution in [3.05, 3.63) is 34.6 Å². The van der Waals surface area contributed by atoms with Crippen LogP contribution in [0.1, 0.15) is 38.7 Å². The Bertz CT molecular complexity index is 334. The van der Waals surface area contributed by atoms with Crippen LogP contribution in [0.4, 0.5) is 4.39 Å². The van der Waals surface area contributed by atoms with Gasteiger partial charge in [-0.15, -0.1) is 0 Å². The van der Waals surface area contributed by atoms with E-state index in [1.54, 1.807) is 12.1 Å². The first-order chi connectivity index (χ1) is 8.69. The number of benzene rings is 1. The van der Waals surface area contributed by atoms with Gasteiger partial charge >= 0.3 is 0 Å². The van der Waals surface area contributed by atoms with E-state index in [1.165, 1.54) is 6.07 Å². The van der Waals surface area contributed by atoms with Crippen molar-refractivity contribution in [1.82, 2.24) is 5.32 Å². The number of nitrogens with one attached hydrogen (secondary N) is 1. The zero-order chi connectivity index (χ0) is 13.4. The Morgan fingerprint density at radius 2 is 2.06 bits per heavy atom. The van der Waals surface area contributed by atoms with Crippen molar-refractivity contribution in [2.45, 2.75) is 39.5 Å². The van der Waals surface area contributed by atoms with Gasteiger partial charge in [0, 0.05) is 10.6 Å². The maximum atomic E-state index is 13.7. The van der Waals surface area contributed by atoms with E-state index in [0.717, 1.165) is 38.8 Å². The molecule has 1 N–H and O–H groups in total. The highest BCUT2D eigenvalue weighted by atomic mass is 35.5. The van der Waals surface area contributed by atoms with E-state index in [9.17, 15) is 4.39 Å². The van der Waals surface area contributed by atoms with Crippen LogP contribution in [0.5, 0.6) is 0 Å². The summed E-state index contributed by atoms with van der Waals surface area (Å²) in [6.07, 6.45) is 4.06. The predicted molar refractivity (Wildman–Crippen MR) is 76.7 cm³/mol. The molecule has 0 saturated heterocycles. The molecule has 0 radical (unpaired) electrons. The summed E-state index contributed by atoms with van der Waals surface area (Å²) in [5, 5.41) is 3.96. The summed E-state index contributed by atoms with van der Waals surface area (Å²) in [4.78, 5) is 0. The van der Waals surface area contributed by atoms with Gasteiger partial charge in [-0.3, -0.25) is 0 Å². The molecule has 18 heavy (non-hydrogen) atoms. The van der Waals surface area contributed by atoms with Crippen LogP contribution < -0.4 is 5.32 Å². The molecule has 1 nitrogen and oxygen atoms in total. The van der Waals surface area contributed by atoms with E-state index in [0.29, 0.717) is 16.5 Å². The molecular weight excluding hydrogens is 249 g/mol. The Labute approximate surface area is 115 Å². The molecule has 3 heteroatoms. The quantitative estimate of drug-likeness (QED) is 0.690. The molecule has 1 rings (SSSR count). The predicted octanol–water partition coefficient (Wildman–Crippen LogP) is 4.44. The molecule has 0 aromatic heterocycles. The van der Waals surface area contributed by atoms with E-state index < -0.39 is 0 Å². The third-order valence-electron chi connectivity index (χ3n) is 3.11. The average Bonchev–Trinajstić information content (AvgIpc) is 2.34. The largest absolute Gasteiger partial charge is 0.316 e. The van der Waals surface area contributed by atoms with Crippen molar-refractivity contribution in [1.29, 1.82) is 0 Å². The van der Waals surface area contributed by atoms with E-state index in [2.05, 4.69) is 19.2 Å². The molecule has 1 aromatic carbocycles. The molecule has 0 bridgehead atoms. The van der Waals surface area contributed by atoms with Gasteiger partial charge in [0.15, 0.2) is 0 Å². The first-order valence-electron chi connectivity index (χ1n) is 6.82. The fraction of sp³-hybridized carbons (Fsp3) is 0.600. The number of rotatable bonds is 8. The lowest BCUT2D eigenvalue weighted by Gasteiger charge is -2.18. The molecule has 0 fully saturated rings. The van der Waals surface area contributed by atoms with Crippen LogP contribution in [0.15, 0.2) is 18.2 Å². The van der Waals surface area contributed by atoms with Crippen LogP contribution in [-0.4, -0.2) is 13.1 Å². The Hall–Kier alpha value is -0.600. The summed E-state index contributed by atoms with van der Waals surface area (Å²) >= 11 is 6.07. The van der Waals surface area contributed by atoms with E-state index in [1.807, 2.05) is 0 Å². The monoisotopic (exact) mass is 271 g/mol. The standard InChI is InChI=1S/C15H23ClFN/c1-3-6-12(11-18-9-4-2)10-13-14(16)7-5-8-15(13)17/h5,7-8,12,18H,3-4,6,9-11H2,1-2H3. The summed E-state index contributed by atoms with van der Waals surface area (Å²) in [5.74, 6) is 0.273. The maximum absolute atomic E-state index is 13.7. The Balaban J connectivity index is 2.64. The van der Waals surface area contributed by atoms with Crippen molar-refractivity contribution in [3.63, 3.8) is 0 Å². The first-order valence-corrected chi connectivity index (χ1v) is 7.20. The summed E-state index contributed by atoms with van der Waals surface area (Å²) < 4.78 is 13.7. The molecule has 0 aliphatic rings. The van der Waals surface area contributed by atoms with Crippen molar-refractivity contribution in [2.75, 3.05) is 13.1 Å². The van der Waals surface area contributed by atoms with Crippen LogP contribution in [0.25, 0.3) is 0 Å². The van der Waals surface area contributed by atoms with Gasteiger partial charge in [0.05, 0.1) is 0 Å². The van der Waals surface area contributed by atoms with Gasteiger partial charge in [-0.05, 0) is 50.4 Å². The highest BCUT2D eigenvalue weighted by Gasteiger charge is 2.14. The van der Waals surface area contributed by atoms with Crippen LogP contribution in [0.2, 0.25) is 5.02 Å². The third-order valence-corrected chi connectivity index (χ3v) is 3.47. The van der Waals surface area contributed by atoms with Gasteiger partial charge < -0.3 is 5.32 Å². The number of hydrogen-bond donors (Lipinski definition) is 1. The maximum Gasteiger partial charge on any atom is 0.127 e. The summed E-state index contributed by atoms with van der Waals surface area (Å²) in [6, 6.07) is 4.91. The molecule has 1 aromatic rings. The lowest BCUT2D eigenvalue weighted by Crippen LogP contribution is -2.25. The van der Waals surface area contributed by atoms with E-state index >= 15 is 0 Å². The number of hydrogen-bond acceptors (Lipinski definition) is 1. The minimum atomic E-state index is -0.181. The molecular formula is C15H23ClFN. The SMILES string of the molecule is CCCNCC(CCC)Cc1c(F)cccc1Cl. The van der Waals surface area contributed by atoms with Crippen LogP contribution in [-0.2, 0) is 6.42 Å². The molecule has 102 valence electrons. The van der Waals surface area contributed by atoms with Gasteiger partial charge in [-0.2, -0.15) is 0 Å². The van der Waals surface area contributed by atoms with Gasteiger partial charge in [0.1, 0.15) is 5.82 Å². The summed E-state index contributed by atoms with van der Waals surface area (Å²) in [7, 11) is 0. The highest BCUT2D eigenvalue weighted by molar-refractivity contribution is 6.31. The molecule has 0 saturated carbocycles. The summed E-state index contributed by atoms with van der Waals surface area (Å²) in [5.41, 5.74) is 0.663. The van der Waals surface area contributed by atoms with Gasteiger partial charge in [0.25, 0.3) is 0 Å². The van der Waals surface area contributed by atoms with Gasteiger partial charge in [0.2, 0.25) is 0 Å². The second-order valence-corrected chi connectivity index (χ2v) is 5.17. The molecule has 1 unspecified atom stereocenters. The van der Waals surface area contributed by atoms with Crippen LogP contribution >= 0.6 is 11.6 Å². The minimum absolute atomic E-state index is 0.181. The first kappa shape index (κ1) is 15.5. The van der Waals surface area contributed by atoms with Crippen LogP contribution in [0.3, 0.4) is 0 Å². The average molecular weight is 272 g/mol. The van der Waals surface area contributed by atoms with E-state index in [4.69, 9.17) is 11.6 Å².